The highest BCUT2D eigenvalue weighted by Crippen LogP contribution is 2.18. The van der Waals surface area contributed by atoms with Crippen molar-refractivity contribution >= 4 is 0 Å². The highest BCUT2D eigenvalue weighted by Gasteiger charge is 2.02. The maximum atomic E-state index is 5.59. The fourth-order valence-corrected chi connectivity index (χ4v) is 1.19. The molecule has 0 aromatic heterocycles. The zero-order valence-electron chi connectivity index (χ0n) is 10.1. The average molecular weight is 196 g/mol. The largest absolute Gasteiger partial charge is 0.498 e. The summed E-state index contributed by atoms with van der Waals surface area (Å²) >= 11 is 0. The Labute approximate surface area is 88.9 Å². The van der Waals surface area contributed by atoms with E-state index in [2.05, 4.69) is 26.0 Å². The van der Waals surface area contributed by atoms with Gasteiger partial charge in [0.1, 0.15) is 0 Å². The van der Waals surface area contributed by atoms with Crippen molar-refractivity contribution < 1.29 is 4.74 Å². The quantitative estimate of drug-likeness (QED) is 0.603. The SMILES string of the molecule is CC.CCCCOC1=CC=C(C)CC1. The van der Waals surface area contributed by atoms with E-state index >= 15 is 0 Å². The molecule has 0 atom stereocenters. The van der Waals surface area contributed by atoms with Gasteiger partial charge in [0, 0.05) is 6.42 Å². The third-order valence-electron chi connectivity index (χ3n) is 2.10. The molecule has 0 aliphatic heterocycles. The van der Waals surface area contributed by atoms with Crippen LogP contribution in [0.1, 0.15) is 53.4 Å². The van der Waals surface area contributed by atoms with Crippen molar-refractivity contribution in [2.45, 2.75) is 53.4 Å². The Bertz CT molecular complexity index is 189. The van der Waals surface area contributed by atoms with E-state index in [-0.39, 0.29) is 0 Å². The fourth-order valence-electron chi connectivity index (χ4n) is 1.19. The van der Waals surface area contributed by atoms with Crippen LogP contribution in [0.2, 0.25) is 0 Å². The second-order valence-corrected chi connectivity index (χ2v) is 3.35. The third kappa shape index (κ3) is 5.85. The molecule has 0 bridgehead atoms. The van der Waals surface area contributed by atoms with Gasteiger partial charge in [-0.15, -0.1) is 0 Å². The van der Waals surface area contributed by atoms with Crippen LogP contribution in [0.5, 0.6) is 0 Å². The highest BCUT2D eigenvalue weighted by molar-refractivity contribution is 5.19. The van der Waals surface area contributed by atoms with Crippen molar-refractivity contribution in [3.63, 3.8) is 0 Å². The average Bonchev–Trinajstić information content (AvgIpc) is 2.24. The van der Waals surface area contributed by atoms with Crippen molar-refractivity contribution in [2.75, 3.05) is 6.61 Å². The van der Waals surface area contributed by atoms with Crippen molar-refractivity contribution in [3.05, 3.63) is 23.5 Å². The van der Waals surface area contributed by atoms with E-state index in [1.165, 1.54) is 18.4 Å². The summed E-state index contributed by atoms with van der Waals surface area (Å²) in [6, 6.07) is 0. The first-order valence-corrected chi connectivity index (χ1v) is 5.82. The Morgan fingerprint density at radius 3 is 2.43 bits per heavy atom. The fraction of sp³-hybridized carbons (Fsp3) is 0.692. The number of unbranched alkanes of at least 4 members (excludes halogenated alkanes) is 1. The van der Waals surface area contributed by atoms with Gasteiger partial charge in [0.05, 0.1) is 12.4 Å². The molecular weight excluding hydrogens is 172 g/mol. The van der Waals surface area contributed by atoms with E-state index in [0.29, 0.717) is 0 Å². The van der Waals surface area contributed by atoms with E-state index in [9.17, 15) is 0 Å². The van der Waals surface area contributed by atoms with Crippen LogP contribution in [0.4, 0.5) is 0 Å². The van der Waals surface area contributed by atoms with Gasteiger partial charge < -0.3 is 4.74 Å². The van der Waals surface area contributed by atoms with Crippen molar-refractivity contribution in [2.24, 2.45) is 0 Å². The van der Waals surface area contributed by atoms with Gasteiger partial charge in [0.25, 0.3) is 0 Å². The van der Waals surface area contributed by atoms with Gasteiger partial charge in [0.2, 0.25) is 0 Å². The Kier molecular flexibility index (Phi) is 8.40. The Morgan fingerprint density at radius 1 is 1.21 bits per heavy atom. The van der Waals surface area contributed by atoms with Crippen LogP contribution in [0.25, 0.3) is 0 Å². The molecule has 0 N–H and O–H groups in total. The molecule has 0 aromatic carbocycles. The van der Waals surface area contributed by atoms with Crippen molar-refractivity contribution in [1.29, 1.82) is 0 Å². The molecule has 0 heterocycles. The topological polar surface area (TPSA) is 9.23 Å². The Hall–Kier alpha value is -0.720. The molecule has 0 radical (unpaired) electrons. The minimum Gasteiger partial charge on any atom is -0.498 e. The van der Waals surface area contributed by atoms with Gasteiger partial charge in [-0.2, -0.15) is 0 Å². The van der Waals surface area contributed by atoms with Gasteiger partial charge >= 0.3 is 0 Å². The van der Waals surface area contributed by atoms with E-state index in [0.717, 1.165) is 25.2 Å². The summed E-state index contributed by atoms with van der Waals surface area (Å²) < 4.78 is 5.59. The summed E-state index contributed by atoms with van der Waals surface area (Å²) in [5.41, 5.74) is 1.46. The molecular formula is C13H24O. The molecule has 0 saturated heterocycles. The second-order valence-electron chi connectivity index (χ2n) is 3.35. The molecule has 14 heavy (non-hydrogen) atoms. The Morgan fingerprint density at radius 2 is 1.93 bits per heavy atom. The number of hydrogen-bond acceptors (Lipinski definition) is 1. The number of allylic oxidation sites excluding steroid dienone is 4. The monoisotopic (exact) mass is 196 g/mol. The smallest absolute Gasteiger partial charge is 0.0962 e. The van der Waals surface area contributed by atoms with Crippen LogP contribution in [0.15, 0.2) is 23.5 Å². The maximum absolute atomic E-state index is 5.59. The molecule has 1 aliphatic rings. The van der Waals surface area contributed by atoms with Crippen LogP contribution >= 0.6 is 0 Å². The third-order valence-corrected chi connectivity index (χ3v) is 2.10. The van der Waals surface area contributed by atoms with Crippen LogP contribution in [0.3, 0.4) is 0 Å². The lowest BCUT2D eigenvalue weighted by atomic mass is 10.1. The summed E-state index contributed by atoms with van der Waals surface area (Å²) in [6.07, 6.45) is 8.89. The molecule has 0 aromatic rings. The maximum Gasteiger partial charge on any atom is 0.0962 e. The lowest BCUT2D eigenvalue weighted by molar-refractivity contribution is 0.197. The molecule has 0 unspecified atom stereocenters. The summed E-state index contributed by atoms with van der Waals surface area (Å²) in [5, 5.41) is 0. The number of rotatable bonds is 4. The van der Waals surface area contributed by atoms with Crippen molar-refractivity contribution in [3.8, 4) is 0 Å². The van der Waals surface area contributed by atoms with E-state index < -0.39 is 0 Å². The zero-order chi connectivity index (χ0) is 10.8. The van der Waals surface area contributed by atoms with Gasteiger partial charge in [-0.05, 0) is 25.8 Å². The summed E-state index contributed by atoms with van der Waals surface area (Å²) in [5.74, 6) is 1.16. The Balaban J connectivity index is 0.000000791. The predicted octanol–water partition coefficient (Wildman–Crippen LogP) is 4.45. The summed E-state index contributed by atoms with van der Waals surface area (Å²) in [7, 11) is 0. The van der Waals surface area contributed by atoms with Gasteiger partial charge in [-0.25, -0.2) is 0 Å². The van der Waals surface area contributed by atoms with Crippen molar-refractivity contribution in [1.82, 2.24) is 0 Å². The molecule has 0 spiro atoms. The molecule has 1 rings (SSSR count). The lowest BCUT2D eigenvalue weighted by Gasteiger charge is -2.13. The zero-order valence-corrected chi connectivity index (χ0v) is 10.1. The van der Waals surface area contributed by atoms with Gasteiger partial charge in [-0.1, -0.05) is 38.8 Å². The lowest BCUT2D eigenvalue weighted by Crippen LogP contribution is -1.98. The number of ether oxygens (including phenoxy) is 1. The van der Waals surface area contributed by atoms with E-state index in [1.54, 1.807) is 0 Å². The van der Waals surface area contributed by atoms with Crippen LogP contribution in [-0.2, 0) is 4.74 Å². The summed E-state index contributed by atoms with van der Waals surface area (Å²) in [6.45, 7) is 9.23. The first-order valence-electron chi connectivity index (χ1n) is 5.82. The minimum atomic E-state index is 0.884. The molecule has 1 nitrogen and oxygen atoms in total. The first kappa shape index (κ1) is 13.3. The molecule has 82 valence electrons. The first-order chi connectivity index (χ1) is 6.83. The molecule has 1 aliphatic carbocycles. The van der Waals surface area contributed by atoms with Gasteiger partial charge in [0.15, 0.2) is 0 Å². The standard InChI is InChI=1S/C11H18O.C2H6/c1-3-4-9-12-11-7-5-10(2)6-8-11;1-2/h5,7H,3-4,6,8-9H2,1-2H3;1-2H3. The van der Waals surface area contributed by atoms with Crippen LogP contribution < -0.4 is 0 Å². The number of hydrogen-bond donors (Lipinski definition) is 0. The molecule has 0 saturated carbocycles. The highest BCUT2D eigenvalue weighted by atomic mass is 16.5. The molecule has 0 amide bonds. The molecule has 0 fully saturated rings. The second kappa shape index (κ2) is 8.86. The van der Waals surface area contributed by atoms with Crippen LogP contribution in [-0.4, -0.2) is 6.61 Å². The van der Waals surface area contributed by atoms with Crippen LogP contribution in [0, 0.1) is 0 Å². The molecule has 1 heteroatoms. The minimum absolute atomic E-state index is 0.884. The normalized spacial score (nSPS) is 14.9. The van der Waals surface area contributed by atoms with E-state index in [1.807, 2.05) is 13.8 Å². The summed E-state index contributed by atoms with van der Waals surface area (Å²) in [4.78, 5) is 0. The predicted molar refractivity (Wildman–Crippen MR) is 63.3 cm³/mol. The van der Waals surface area contributed by atoms with E-state index in [4.69, 9.17) is 4.74 Å². The van der Waals surface area contributed by atoms with Gasteiger partial charge in [-0.3, -0.25) is 0 Å².